The van der Waals surface area contributed by atoms with Gasteiger partial charge < -0.3 is 20.7 Å². The number of hydrogen-bond acceptors (Lipinski definition) is 4. The Morgan fingerprint density at radius 3 is 2.75 bits per heavy atom. The predicted molar refractivity (Wildman–Crippen MR) is 77.8 cm³/mol. The maximum absolute atomic E-state index is 11.8. The van der Waals surface area contributed by atoms with Gasteiger partial charge in [0.2, 0.25) is 0 Å². The van der Waals surface area contributed by atoms with Gasteiger partial charge in [-0.1, -0.05) is 6.92 Å². The minimum Gasteiger partial charge on any atom is -0.480 e. The summed E-state index contributed by atoms with van der Waals surface area (Å²) in [5, 5.41) is 14.4. The normalized spacial score (nSPS) is 13.5. The third-order valence-electron chi connectivity index (χ3n) is 2.78. The molecule has 1 aromatic rings. The number of carbonyl (C=O) groups excluding carboxylic acids is 1. The highest BCUT2D eigenvalue weighted by Gasteiger charge is 2.22. The van der Waals surface area contributed by atoms with Gasteiger partial charge in [0.05, 0.1) is 6.33 Å². The van der Waals surface area contributed by atoms with Gasteiger partial charge in [0, 0.05) is 30.1 Å². The van der Waals surface area contributed by atoms with Crippen LogP contribution in [0.25, 0.3) is 0 Å². The first-order chi connectivity index (χ1) is 9.56. The molecule has 0 aliphatic carbocycles. The molecule has 4 N–H and O–H groups in total. The topological polar surface area (TPSA) is 107 Å². The average molecular weight is 300 g/mol. The molecule has 0 spiro atoms. The Morgan fingerprint density at radius 2 is 2.25 bits per heavy atom. The van der Waals surface area contributed by atoms with Crippen LogP contribution in [0, 0.1) is 0 Å². The van der Waals surface area contributed by atoms with Crippen LogP contribution in [-0.2, 0) is 11.2 Å². The molecule has 1 rings (SSSR count). The first-order valence-electron chi connectivity index (χ1n) is 6.32. The van der Waals surface area contributed by atoms with E-state index in [9.17, 15) is 9.59 Å². The summed E-state index contributed by atoms with van der Waals surface area (Å²) in [6.07, 6.45) is 5.94. The molecular formula is C12H20N4O3S. The van der Waals surface area contributed by atoms with Gasteiger partial charge in [-0.15, -0.1) is 0 Å². The van der Waals surface area contributed by atoms with Gasteiger partial charge in [0.25, 0.3) is 0 Å². The van der Waals surface area contributed by atoms with E-state index in [4.69, 9.17) is 5.11 Å². The standard InChI is InChI=1S/C12H20N4O3S/c1-3-8(6-20-2)15-12(19)16-10(11(17)18)4-9-5-13-7-14-9/h5,7-8,10H,3-4,6H2,1-2H3,(H,13,14)(H,17,18)(H2,15,16,19)/t8?,10-/m1/s1. The molecule has 112 valence electrons. The molecule has 0 radical (unpaired) electrons. The fourth-order valence-corrected chi connectivity index (χ4v) is 2.39. The van der Waals surface area contributed by atoms with E-state index < -0.39 is 18.0 Å². The average Bonchev–Trinajstić information content (AvgIpc) is 2.90. The molecule has 2 amide bonds. The summed E-state index contributed by atoms with van der Waals surface area (Å²) in [4.78, 5) is 29.6. The van der Waals surface area contributed by atoms with Crippen molar-refractivity contribution in [1.29, 1.82) is 0 Å². The van der Waals surface area contributed by atoms with Crippen LogP contribution < -0.4 is 10.6 Å². The van der Waals surface area contributed by atoms with E-state index in [0.717, 1.165) is 12.2 Å². The number of urea groups is 1. The molecular weight excluding hydrogens is 280 g/mol. The van der Waals surface area contributed by atoms with Gasteiger partial charge in [0.1, 0.15) is 6.04 Å². The van der Waals surface area contributed by atoms with Crippen LogP contribution in [0.15, 0.2) is 12.5 Å². The van der Waals surface area contributed by atoms with Crippen molar-refractivity contribution in [2.75, 3.05) is 12.0 Å². The molecule has 0 aliphatic rings. The second-order valence-corrected chi connectivity index (χ2v) is 5.26. The number of carboxylic acids is 1. The number of carboxylic acid groups (broad SMARTS) is 1. The SMILES string of the molecule is CCC(CSC)NC(=O)N[C@H](Cc1cnc[nH]1)C(=O)O. The number of nitrogens with one attached hydrogen (secondary N) is 3. The highest BCUT2D eigenvalue weighted by molar-refractivity contribution is 7.98. The minimum atomic E-state index is -1.08. The first-order valence-corrected chi connectivity index (χ1v) is 7.72. The molecule has 2 atom stereocenters. The number of H-pyrrole nitrogens is 1. The fraction of sp³-hybridized carbons (Fsp3) is 0.583. The number of amides is 2. The van der Waals surface area contributed by atoms with Crippen LogP contribution >= 0.6 is 11.8 Å². The van der Waals surface area contributed by atoms with Crippen LogP contribution in [0.4, 0.5) is 4.79 Å². The lowest BCUT2D eigenvalue weighted by Gasteiger charge is -2.19. The van der Waals surface area contributed by atoms with Crippen LogP contribution in [0.2, 0.25) is 0 Å². The smallest absolute Gasteiger partial charge is 0.326 e. The fourth-order valence-electron chi connectivity index (χ4n) is 1.66. The number of carbonyl (C=O) groups is 2. The van der Waals surface area contributed by atoms with Crippen molar-refractivity contribution in [3.63, 3.8) is 0 Å². The number of aliphatic carboxylic acids is 1. The lowest BCUT2D eigenvalue weighted by atomic mass is 10.1. The Balaban J connectivity index is 2.52. The van der Waals surface area contributed by atoms with E-state index in [0.29, 0.717) is 5.69 Å². The van der Waals surface area contributed by atoms with Crippen LogP contribution in [-0.4, -0.2) is 51.2 Å². The lowest BCUT2D eigenvalue weighted by Crippen LogP contribution is -2.50. The lowest BCUT2D eigenvalue weighted by molar-refractivity contribution is -0.139. The van der Waals surface area contributed by atoms with E-state index in [-0.39, 0.29) is 12.5 Å². The van der Waals surface area contributed by atoms with Crippen molar-refractivity contribution >= 4 is 23.8 Å². The van der Waals surface area contributed by atoms with Crippen molar-refractivity contribution in [2.45, 2.75) is 31.8 Å². The highest BCUT2D eigenvalue weighted by Crippen LogP contribution is 2.02. The molecule has 7 nitrogen and oxygen atoms in total. The summed E-state index contributed by atoms with van der Waals surface area (Å²) in [7, 11) is 0. The zero-order valence-electron chi connectivity index (χ0n) is 11.5. The van der Waals surface area contributed by atoms with Crippen LogP contribution in [0.1, 0.15) is 19.0 Å². The summed E-state index contributed by atoms with van der Waals surface area (Å²) in [5.41, 5.74) is 0.661. The van der Waals surface area contributed by atoms with Gasteiger partial charge >= 0.3 is 12.0 Å². The van der Waals surface area contributed by atoms with Gasteiger partial charge in [0.15, 0.2) is 0 Å². The molecule has 0 saturated carbocycles. The van der Waals surface area contributed by atoms with E-state index in [2.05, 4.69) is 20.6 Å². The number of nitrogens with zero attached hydrogens (tertiary/aromatic N) is 1. The Hall–Kier alpha value is -1.70. The van der Waals surface area contributed by atoms with Crippen LogP contribution in [0.5, 0.6) is 0 Å². The molecule has 1 unspecified atom stereocenters. The van der Waals surface area contributed by atoms with E-state index in [1.54, 1.807) is 11.8 Å². The van der Waals surface area contributed by atoms with Gasteiger partial charge in [-0.2, -0.15) is 11.8 Å². The van der Waals surface area contributed by atoms with Crippen molar-refractivity contribution in [1.82, 2.24) is 20.6 Å². The number of aromatic amines is 1. The zero-order chi connectivity index (χ0) is 15.0. The Morgan fingerprint density at radius 1 is 1.50 bits per heavy atom. The molecule has 0 bridgehead atoms. The Bertz CT molecular complexity index is 424. The van der Waals surface area contributed by atoms with Crippen molar-refractivity contribution in [2.24, 2.45) is 0 Å². The Labute approximate surface area is 121 Å². The number of imidazole rings is 1. The second-order valence-electron chi connectivity index (χ2n) is 4.35. The monoisotopic (exact) mass is 300 g/mol. The van der Waals surface area contributed by atoms with Gasteiger partial charge in [-0.25, -0.2) is 14.6 Å². The summed E-state index contributed by atoms with van der Waals surface area (Å²) in [5.74, 6) is -0.282. The quantitative estimate of drug-likeness (QED) is 0.569. The predicted octanol–water partition coefficient (Wildman–Crippen LogP) is 0.846. The summed E-state index contributed by atoms with van der Waals surface area (Å²) in [6.45, 7) is 1.97. The van der Waals surface area contributed by atoms with Gasteiger partial charge in [-0.3, -0.25) is 0 Å². The summed E-state index contributed by atoms with van der Waals surface area (Å²) < 4.78 is 0. The maximum Gasteiger partial charge on any atom is 0.326 e. The number of hydrogen-bond donors (Lipinski definition) is 4. The first kappa shape index (κ1) is 16.4. The van der Waals surface area contributed by atoms with E-state index >= 15 is 0 Å². The molecule has 20 heavy (non-hydrogen) atoms. The zero-order valence-corrected chi connectivity index (χ0v) is 12.4. The molecule has 0 fully saturated rings. The number of aromatic nitrogens is 2. The molecule has 1 heterocycles. The van der Waals surface area contributed by atoms with E-state index in [1.165, 1.54) is 12.5 Å². The van der Waals surface area contributed by atoms with Crippen molar-refractivity contribution < 1.29 is 14.7 Å². The van der Waals surface area contributed by atoms with Crippen molar-refractivity contribution in [3.8, 4) is 0 Å². The Kier molecular flexibility index (Phi) is 6.92. The van der Waals surface area contributed by atoms with Crippen LogP contribution in [0.3, 0.4) is 0 Å². The third-order valence-corrected chi connectivity index (χ3v) is 3.51. The van der Waals surface area contributed by atoms with E-state index in [1.807, 2.05) is 13.2 Å². The minimum absolute atomic E-state index is 0.0339. The molecule has 0 aliphatic heterocycles. The summed E-state index contributed by atoms with van der Waals surface area (Å²) in [6, 6.07) is -1.41. The maximum atomic E-state index is 11.8. The second kappa shape index (κ2) is 8.47. The molecule has 0 saturated heterocycles. The molecule has 0 aromatic carbocycles. The molecule has 1 aromatic heterocycles. The number of rotatable bonds is 8. The van der Waals surface area contributed by atoms with Crippen molar-refractivity contribution in [3.05, 3.63) is 18.2 Å². The molecule has 8 heteroatoms. The largest absolute Gasteiger partial charge is 0.480 e. The summed E-state index contributed by atoms with van der Waals surface area (Å²) >= 11 is 1.63. The third kappa shape index (κ3) is 5.52. The number of thioether (sulfide) groups is 1. The van der Waals surface area contributed by atoms with Gasteiger partial charge in [-0.05, 0) is 12.7 Å². The highest BCUT2D eigenvalue weighted by atomic mass is 32.2.